The first kappa shape index (κ1) is 29.3. The van der Waals surface area contributed by atoms with Crippen LogP contribution in [0.15, 0.2) is 65.6 Å². The van der Waals surface area contributed by atoms with Gasteiger partial charge in [-0.3, -0.25) is 13.8 Å². The number of rotatable bonds is 8. The van der Waals surface area contributed by atoms with Crippen LogP contribution in [-0.4, -0.2) is 35.5 Å². The molecule has 0 saturated carbocycles. The monoisotopic (exact) mass is 589 g/mol. The van der Waals surface area contributed by atoms with Crippen LogP contribution in [0.4, 0.5) is 30.2 Å². The summed E-state index contributed by atoms with van der Waals surface area (Å²) in [5, 5.41) is 2.09. The van der Waals surface area contributed by atoms with Gasteiger partial charge in [-0.25, -0.2) is 16.8 Å². The van der Waals surface area contributed by atoms with Gasteiger partial charge in [0.1, 0.15) is 6.54 Å². The van der Waals surface area contributed by atoms with Crippen LogP contribution in [0.3, 0.4) is 0 Å². The van der Waals surface area contributed by atoms with Crippen LogP contribution in [0.2, 0.25) is 5.02 Å². The average molecular weight is 590 g/mol. The maximum absolute atomic E-state index is 13.1. The summed E-state index contributed by atoms with van der Waals surface area (Å²) in [5.41, 5.74) is 0.575. The molecule has 0 radical (unpaired) electrons. The number of sulfonamides is 2. The summed E-state index contributed by atoms with van der Waals surface area (Å²) < 4.78 is 92.5. The number of benzene rings is 3. The zero-order valence-corrected chi connectivity index (χ0v) is 22.7. The molecule has 204 valence electrons. The van der Waals surface area contributed by atoms with Gasteiger partial charge in [0.05, 0.1) is 33.1 Å². The molecule has 0 spiro atoms. The molecule has 0 aliphatic carbocycles. The Hall–Kier alpha value is -3.29. The van der Waals surface area contributed by atoms with Crippen molar-refractivity contribution in [3.05, 3.63) is 82.4 Å². The van der Waals surface area contributed by atoms with E-state index >= 15 is 0 Å². The lowest BCUT2D eigenvalue weighted by Crippen LogP contribution is -2.37. The molecule has 3 aromatic carbocycles. The molecule has 14 heteroatoms. The molecule has 0 heterocycles. The molecule has 8 nitrogen and oxygen atoms in total. The average Bonchev–Trinajstić information content (AvgIpc) is 2.79. The van der Waals surface area contributed by atoms with Crippen molar-refractivity contribution in [3.8, 4) is 0 Å². The molecule has 0 aromatic heterocycles. The lowest BCUT2D eigenvalue weighted by Gasteiger charge is -2.24. The minimum absolute atomic E-state index is 0.0935. The van der Waals surface area contributed by atoms with Crippen molar-refractivity contribution in [2.45, 2.75) is 24.9 Å². The van der Waals surface area contributed by atoms with E-state index in [4.69, 9.17) is 11.6 Å². The fourth-order valence-electron chi connectivity index (χ4n) is 3.44. The van der Waals surface area contributed by atoms with E-state index in [0.29, 0.717) is 22.1 Å². The summed E-state index contributed by atoms with van der Waals surface area (Å²) >= 11 is 5.96. The van der Waals surface area contributed by atoms with Crippen molar-refractivity contribution < 1.29 is 34.8 Å². The smallest absolute Gasteiger partial charge is 0.325 e. The molecule has 1 amide bonds. The van der Waals surface area contributed by atoms with Crippen LogP contribution in [0.5, 0.6) is 0 Å². The minimum atomic E-state index is -4.76. The standard InChI is InChI=1S/C24H23ClF3N3O5S2/c1-15-4-11-21(16(2)12-15)30-38(35,36)19-8-6-18(7-9-19)29-23(32)14-31(37(3,33)34)22-13-17(24(26,27)28)5-10-20(22)25/h4-13,30H,14H2,1-3H3,(H,29,32). The summed E-state index contributed by atoms with van der Waals surface area (Å²) in [5.74, 6) is -0.895. The van der Waals surface area contributed by atoms with Crippen LogP contribution < -0.4 is 14.3 Å². The second-order valence-electron chi connectivity index (χ2n) is 8.43. The Kier molecular flexibility index (Phi) is 8.34. The Balaban J connectivity index is 1.78. The van der Waals surface area contributed by atoms with Gasteiger partial charge < -0.3 is 5.32 Å². The number of nitrogens with zero attached hydrogens (tertiary/aromatic N) is 1. The highest BCUT2D eigenvalue weighted by atomic mass is 35.5. The molecule has 0 fully saturated rings. The number of aryl methyl sites for hydroxylation is 2. The number of carbonyl (C=O) groups is 1. The van der Waals surface area contributed by atoms with Gasteiger partial charge >= 0.3 is 6.18 Å². The predicted molar refractivity (Wildman–Crippen MR) is 140 cm³/mol. The number of nitrogens with one attached hydrogen (secondary N) is 2. The highest BCUT2D eigenvalue weighted by Crippen LogP contribution is 2.36. The number of amides is 1. The van der Waals surface area contributed by atoms with E-state index < -0.39 is 49.9 Å². The van der Waals surface area contributed by atoms with Crippen molar-refractivity contribution in [2.75, 3.05) is 27.1 Å². The highest BCUT2D eigenvalue weighted by molar-refractivity contribution is 7.92. The molecular formula is C24H23ClF3N3O5S2. The third kappa shape index (κ3) is 7.17. The van der Waals surface area contributed by atoms with Gasteiger partial charge in [0.25, 0.3) is 10.0 Å². The summed E-state index contributed by atoms with van der Waals surface area (Å²) in [6, 6.07) is 12.4. The summed E-state index contributed by atoms with van der Waals surface area (Å²) in [6.45, 7) is 2.76. The molecule has 38 heavy (non-hydrogen) atoms. The number of anilines is 3. The first-order chi connectivity index (χ1) is 17.5. The van der Waals surface area contributed by atoms with Crippen molar-refractivity contribution in [1.29, 1.82) is 0 Å². The van der Waals surface area contributed by atoms with Crippen LogP contribution in [0, 0.1) is 13.8 Å². The van der Waals surface area contributed by atoms with E-state index in [1.54, 1.807) is 19.1 Å². The van der Waals surface area contributed by atoms with E-state index in [1.807, 2.05) is 13.0 Å². The van der Waals surface area contributed by atoms with Crippen LogP contribution >= 0.6 is 11.6 Å². The maximum atomic E-state index is 13.1. The van der Waals surface area contributed by atoms with E-state index in [0.717, 1.165) is 23.4 Å². The first-order valence-corrected chi connectivity index (χ1v) is 14.5. The Morgan fingerprint density at radius 3 is 2.13 bits per heavy atom. The zero-order chi connectivity index (χ0) is 28.5. The van der Waals surface area contributed by atoms with Gasteiger partial charge in [0, 0.05) is 5.69 Å². The molecule has 2 N–H and O–H groups in total. The summed E-state index contributed by atoms with van der Waals surface area (Å²) in [4.78, 5) is 12.5. The second kappa shape index (κ2) is 10.8. The minimum Gasteiger partial charge on any atom is -0.325 e. The Bertz CT molecular complexity index is 1580. The summed E-state index contributed by atoms with van der Waals surface area (Å²) in [6.07, 6.45) is -4.04. The first-order valence-electron chi connectivity index (χ1n) is 10.8. The van der Waals surface area contributed by atoms with Crippen molar-refractivity contribution in [3.63, 3.8) is 0 Å². The Morgan fingerprint density at radius 1 is 0.947 bits per heavy atom. The number of hydrogen-bond acceptors (Lipinski definition) is 5. The van der Waals surface area contributed by atoms with E-state index in [9.17, 15) is 34.8 Å². The van der Waals surface area contributed by atoms with Crippen molar-refractivity contribution in [2.24, 2.45) is 0 Å². The van der Waals surface area contributed by atoms with Gasteiger partial charge in [0.15, 0.2) is 0 Å². The van der Waals surface area contributed by atoms with Gasteiger partial charge in [-0.05, 0) is 67.9 Å². The molecule has 3 rings (SSSR count). The quantitative estimate of drug-likeness (QED) is 0.376. The fraction of sp³-hybridized carbons (Fsp3) is 0.208. The van der Waals surface area contributed by atoms with Gasteiger partial charge in [-0.2, -0.15) is 13.2 Å². The Morgan fingerprint density at radius 2 is 1.58 bits per heavy atom. The van der Waals surface area contributed by atoms with Gasteiger partial charge in [-0.1, -0.05) is 29.3 Å². The maximum Gasteiger partial charge on any atom is 0.416 e. The largest absolute Gasteiger partial charge is 0.416 e. The molecule has 0 aliphatic rings. The lowest BCUT2D eigenvalue weighted by atomic mass is 10.1. The number of hydrogen-bond donors (Lipinski definition) is 2. The van der Waals surface area contributed by atoms with E-state index in [1.165, 1.54) is 24.3 Å². The molecule has 0 atom stereocenters. The Labute approximate surface area is 223 Å². The number of carbonyl (C=O) groups excluding carboxylic acids is 1. The highest BCUT2D eigenvalue weighted by Gasteiger charge is 2.33. The molecule has 0 bridgehead atoms. The van der Waals surface area contributed by atoms with Crippen molar-refractivity contribution >= 4 is 54.6 Å². The third-order valence-electron chi connectivity index (χ3n) is 5.30. The predicted octanol–water partition coefficient (Wildman–Crippen LogP) is 5.18. The normalized spacial score (nSPS) is 12.2. The molecular weight excluding hydrogens is 567 g/mol. The van der Waals surface area contributed by atoms with Crippen LogP contribution in [0.25, 0.3) is 0 Å². The van der Waals surface area contributed by atoms with Crippen LogP contribution in [-0.2, 0) is 31.0 Å². The summed E-state index contributed by atoms with van der Waals surface area (Å²) in [7, 11) is -8.17. The molecule has 0 aliphatic heterocycles. The number of alkyl halides is 3. The fourth-order valence-corrected chi connectivity index (χ4v) is 5.70. The van der Waals surface area contributed by atoms with E-state index in [2.05, 4.69) is 10.0 Å². The van der Waals surface area contributed by atoms with Crippen molar-refractivity contribution in [1.82, 2.24) is 0 Å². The topological polar surface area (TPSA) is 113 Å². The SMILES string of the molecule is Cc1ccc(NS(=O)(=O)c2ccc(NC(=O)CN(c3cc(C(F)(F)F)ccc3Cl)S(C)(=O)=O)cc2)c(C)c1. The second-order valence-corrected chi connectivity index (χ2v) is 12.4. The van der Waals surface area contributed by atoms with Crippen LogP contribution in [0.1, 0.15) is 16.7 Å². The third-order valence-corrected chi connectivity index (χ3v) is 8.13. The molecule has 3 aromatic rings. The zero-order valence-electron chi connectivity index (χ0n) is 20.3. The lowest BCUT2D eigenvalue weighted by molar-refractivity contribution is -0.137. The van der Waals surface area contributed by atoms with E-state index in [-0.39, 0.29) is 15.6 Å². The van der Waals surface area contributed by atoms with Gasteiger partial charge in [0.2, 0.25) is 15.9 Å². The van der Waals surface area contributed by atoms with Gasteiger partial charge in [-0.15, -0.1) is 0 Å². The molecule has 0 unspecified atom stereocenters. The molecule has 0 saturated heterocycles. The number of halogens is 4.